The summed E-state index contributed by atoms with van der Waals surface area (Å²) in [6, 6.07) is 12.7. The first-order valence-corrected chi connectivity index (χ1v) is 9.59. The number of carbonyl (C=O) groups is 1. The average molecular weight is 369 g/mol. The molecule has 4 nitrogen and oxygen atoms in total. The van der Waals surface area contributed by atoms with E-state index >= 15 is 0 Å². The van der Waals surface area contributed by atoms with E-state index in [9.17, 15) is 9.18 Å². The van der Waals surface area contributed by atoms with Crippen LogP contribution in [0, 0.1) is 18.7 Å². The summed E-state index contributed by atoms with van der Waals surface area (Å²) in [5.74, 6) is 0.472. The van der Waals surface area contributed by atoms with E-state index in [4.69, 9.17) is 0 Å². The Kier molecular flexibility index (Phi) is 6.45. The average Bonchev–Trinajstić information content (AvgIpc) is 2.67. The molecule has 0 aromatic heterocycles. The van der Waals surface area contributed by atoms with Gasteiger partial charge >= 0.3 is 6.03 Å². The zero-order valence-corrected chi connectivity index (χ0v) is 16.1. The van der Waals surface area contributed by atoms with Crippen molar-refractivity contribution < 1.29 is 9.18 Å². The molecule has 0 spiro atoms. The standard InChI is InChI=1S/C22H28FN3O/c1-16-4-3-5-21(25-22(27)24-2)20(16)15-26-12-10-18(11-13-26)14-17-6-8-19(23)9-7-17/h3-9,18H,10-15H2,1-2H3,(H2,24,25,27). The van der Waals surface area contributed by atoms with Gasteiger partial charge in [0.25, 0.3) is 0 Å². The number of piperidine rings is 1. The first-order chi connectivity index (χ1) is 13.0. The van der Waals surface area contributed by atoms with Gasteiger partial charge in [0.05, 0.1) is 0 Å². The van der Waals surface area contributed by atoms with Crippen LogP contribution in [0.4, 0.5) is 14.9 Å². The van der Waals surface area contributed by atoms with Gasteiger partial charge in [-0.25, -0.2) is 9.18 Å². The fraction of sp³-hybridized carbons (Fsp3) is 0.409. The molecule has 1 aliphatic heterocycles. The smallest absolute Gasteiger partial charge is 0.318 e. The lowest BCUT2D eigenvalue weighted by Crippen LogP contribution is -2.34. The van der Waals surface area contributed by atoms with E-state index < -0.39 is 0 Å². The molecule has 2 aromatic carbocycles. The second-order valence-corrected chi connectivity index (χ2v) is 7.36. The Morgan fingerprint density at radius 2 is 1.85 bits per heavy atom. The van der Waals surface area contributed by atoms with E-state index in [0.717, 1.165) is 44.6 Å². The van der Waals surface area contributed by atoms with E-state index in [1.807, 2.05) is 24.3 Å². The predicted molar refractivity (Wildman–Crippen MR) is 107 cm³/mol. The van der Waals surface area contributed by atoms with Crippen LogP contribution in [-0.2, 0) is 13.0 Å². The summed E-state index contributed by atoms with van der Waals surface area (Å²) in [7, 11) is 1.62. The molecular weight excluding hydrogens is 341 g/mol. The van der Waals surface area contributed by atoms with Crippen LogP contribution in [0.2, 0.25) is 0 Å². The lowest BCUT2D eigenvalue weighted by molar-refractivity contribution is 0.177. The molecule has 1 aliphatic rings. The number of nitrogens with zero attached hydrogens (tertiary/aromatic N) is 1. The highest BCUT2D eigenvalue weighted by atomic mass is 19.1. The molecule has 1 saturated heterocycles. The van der Waals surface area contributed by atoms with Crippen LogP contribution in [0.3, 0.4) is 0 Å². The first kappa shape index (κ1) is 19.4. The summed E-state index contributed by atoms with van der Waals surface area (Å²) in [4.78, 5) is 14.2. The molecule has 0 bridgehead atoms. The van der Waals surface area contributed by atoms with Gasteiger partial charge in [-0.3, -0.25) is 4.90 Å². The van der Waals surface area contributed by atoms with Gasteiger partial charge in [-0.15, -0.1) is 0 Å². The quantitative estimate of drug-likeness (QED) is 0.823. The summed E-state index contributed by atoms with van der Waals surface area (Å²) >= 11 is 0. The molecule has 2 aromatic rings. The number of hydrogen-bond acceptors (Lipinski definition) is 2. The fourth-order valence-electron chi connectivity index (χ4n) is 3.74. The summed E-state index contributed by atoms with van der Waals surface area (Å²) in [6.07, 6.45) is 3.30. The van der Waals surface area contributed by atoms with Crippen molar-refractivity contribution in [3.05, 3.63) is 65.0 Å². The van der Waals surface area contributed by atoms with Crippen LogP contribution in [0.1, 0.15) is 29.5 Å². The molecule has 1 heterocycles. The summed E-state index contributed by atoms with van der Waals surface area (Å²) in [5.41, 5.74) is 4.46. The van der Waals surface area contributed by atoms with Gasteiger partial charge in [0.1, 0.15) is 5.82 Å². The fourth-order valence-corrected chi connectivity index (χ4v) is 3.74. The molecule has 0 saturated carbocycles. The molecule has 0 radical (unpaired) electrons. The third kappa shape index (κ3) is 5.30. The van der Waals surface area contributed by atoms with Gasteiger partial charge in [0.2, 0.25) is 0 Å². The number of anilines is 1. The van der Waals surface area contributed by atoms with Crippen molar-refractivity contribution in [2.75, 3.05) is 25.5 Å². The van der Waals surface area contributed by atoms with Gasteiger partial charge in [-0.1, -0.05) is 24.3 Å². The summed E-state index contributed by atoms with van der Waals surface area (Å²) < 4.78 is 13.1. The molecule has 1 fully saturated rings. The van der Waals surface area contributed by atoms with Crippen molar-refractivity contribution in [1.82, 2.24) is 10.2 Å². The molecule has 2 N–H and O–H groups in total. The number of likely N-dealkylation sites (tertiary alicyclic amines) is 1. The Bertz CT molecular complexity index is 768. The molecule has 2 amide bonds. The maximum atomic E-state index is 13.1. The summed E-state index contributed by atoms with van der Waals surface area (Å²) in [5, 5.41) is 5.54. The Morgan fingerprint density at radius 1 is 1.15 bits per heavy atom. The largest absolute Gasteiger partial charge is 0.341 e. The summed E-state index contributed by atoms with van der Waals surface area (Å²) in [6.45, 7) is 5.01. The number of nitrogens with one attached hydrogen (secondary N) is 2. The highest BCUT2D eigenvalue weighted by Gasteiger charge is 2.21. The number of hydrogen-bond donors (Lipinski definition) is 2. The number of rotatable bonds is 5. The Balaban J connectivity index is 1.57. The topological polar surface area (TPSA) is 44.4 Å². The van der Waals surface area contributed by atoms with E-state index in [1.54, 1.807) is 19.2 Å². The Labute approximate surface area is 160 Å². The number of halogens is 1. The van der Waals surface area contributed by atoms with Crippen molar-refractivity contribution in [2.45, 2.75) is 32.7 Å². The van der Waals surface area contributed by atoms with Gasteiger partial charge < -0.3 is 10.6 Å². The van der Waals surface area contributed by atoms with Crippen LogP contribution >= 0.6 is 0 Å². The molecule has 0 aliphatic carbocycles. The lowest BCUT2D eigenvalue weighted by Gasteiger charge is -2.33. The third-order valence-corrected chi connectivity index (χ3v) is 5.41. The molecule has 0 unspecified atom stereocenters. The zero-order chi connectivity index (χ0) is 19.2. The van der Waals surface area contributed by atoms with Crippen LogP contribution in [0.25, 0.3) is 0 Å². The Morgan fingerprint density at radius 3 is 2.52 bits per heavy atom. The van der Waals surface area contributed by atoms with Crippen LogP contribution in [-0.4, -0.2) is 31.1 Å². The molecular formula is C22H28FN3O. The third-order valence-electron chi connectivity index (χ3n) is 5.41. The van der Waals surface area contributed by atoms with Crippen molar-refractivity contribution in [3.8, 4) is 0 Å². The lowest BCUT2D eigenvalue weighted by atomic mass is 9.90. The van der Waals surface area contributed by atoms with E-state index in [2.05, 4.69) is 28.5 Å². The predicted octanol–water partition coefficient (Wildman–Crippen LogP) is 4.34. The zero-order valence-electron chi connectivity index (χ0n) is 16.1. The second kappa shape index (κ2) is 9.00. The molecule has 5 heteroatoms. The van der Waals surface area contributed by atoms with Crippen LogP contribution in [0.5, 0.6) is 0 Å². The van der Waals surface area contributed by atoms with Crippen molar-refractivity contribution in [3.63, 3.8) is 0 Å². The number of amides is 2. The van der Waals surface area contributed by atoms with Gasteiger partial charge in [-0.2, -0.15) is 0 Å². The van der Waals surface area contributed by atoms with Crippen molar-refractivity contribution in [2.24, 2.45) is 5.92 Å². The maximum absolute atomic E-state index is 13.1. The highest BCUT2D eigenvalue weighted by molar-refractivity contribution is 5.90. The van der Waals surface area contributed by atoms with Gasteiger partial charge in [0, 0.05) is 19.3 Å². The van der Waals surface area contributed by atoms with Gasteiger partial charge in [0.15, 0.2) is 0 Å². The van der Waals surface area contributed by atoms with Crippen molar-refractivity contribution >= 4 is 11.7 Å². The first-order valence-electron chi connectivity index (χ1n) is 9.59. The SMILES string of the molecule is CNC(=O)Nc1cccc(C)c1CN1CCC(Cc2ccc(F)cc2)CC1. The van der Waals surface area contributed by atoms with Crippen molar-refractivity contribution in [1.29, 1.82) is 0 Å². The maximum Gasteiger partial charge on any atom is 0.318 e. The number of carbonyl (C=O) groups excluding carboxylic acids is 1. The minimum atomic E-state index is -0.195. The molecule has 0 atom stereocenters. The second-order valence-electron chi connectivity index (χ2n) is 7.36. The Hall–Kier alpha value is -2.40. The minimum Gasteiger partial charge on any atom is -0.341 e. The number of aryl methyl sites for hydroxylation is 1. The molecule has 144 valence electrons. The van der Waals surface area contributed by atoms with E-state index in [-0.39, 0.29) is 11.8 Å². The number of benzene rings is 2. The minimum absolute atomic E-state index is 0.173. The van der Waals surface area contributed by atoms with Crippen LogP contribution in [0.15, 0.2) is 42.5 Å². The normalized spacial score (nSPS) is 15.5. The molecule has 27 heavy (non-hydrogen) atoms. The van der Waals surface area contributed by atoms with E-state index in [1.165, 1.54) is 16.7 Å². The van der Waals surface area contributed by atoms with Gasteiger partial charge in [-0.05, 0) is 80.1 Å². The molecule has 3 rings (SSSR count). The highest BCUT2D eigenvalue weighted by Crippen LogP contribution is 2.26. The van der Waals surface area contributed by atoms with Crippen LogP contribution < -0.4 is 10.6 Å². The van der Waals surface area contributed by atoms with E-state index in [0.29, 0.717) is 5.92 Å². The monoisotopic (exact) mass is 369 g/mol. The number of urea groups is 1.